The summed E-state index contributed by atoms with van der Waals surface area (Å²) in [4.78, 5) is 67.4. The van der Waals surface area contributed by atoms with Crippen LogP contribution in [-0.2, 0) is 47.7 Å². The number of cyclic esters (lactones) is 4. The molecule has 4 aromatic rings. The molecule has 1 saturated heterocycles. The minimum absolute atomic E-state index is 0.272. The first-order valence-electron chi connectivity index (χ1n) is 16.1. The smallest absolute Gasteiger partial charge is 0.338 e. The maximum atomic E-state index is 12.7. The molecule has 6 rings (SSSR count). The van der Waals surface area contributed by atoms with Crippen molar-refractivity contribution in [2.75, 3.05) is 0 Å². The highest BCUT2D eigenvalue weighted by Crippen LogP contribution is 2.35. The molecule has 10 nitrogen and oxygen atoms in total. The molecule has 5 unspecified atom stereocenters. The maximum Gasteiger partial charge on any atom is 0.338 e. The van der Waals surface area contributed by atoms with E-state index in [-0.39, 0.29) is 6.10 Å². The van der Waals surface area contributed by atoms with Crippen LogP contribution in [0.25, 0.3) is 21.5 Å². The highest BCUT2D eigenvalue weighted by atomic mass is 16.6. The SMILES string of the molecule is C=CC(=O)OC(C)c1cccc2ccccc12.CCC(C(=O)OC(C)c1cccc2ccccc12)C1C(=O)OC(=O)C1C.O=C1C=CC(=O)O1. The Morgan fingerprint density at radius 3 is 1.62 bits per heavy atom. The summed E-state index contributed by atoms with van der Waals surface area (Å²) >= 11 is 0. The zero-order chi connectivity index (χ0) is 36.4. The molecule has 0 radical (unpaired) electrons. The number of rotatable bonds is 8. The number of ether oxygens (including phenoxy) is 4. The van der Waals surface area contributed by atoms with Crippen LogP contribution in [0.4, 0.5) is 0 Å². The van der Waals surface area contributed by atoms with Crippen LogP contribution in [0.15, 0.2) is 110 Å². The molecule has 0 aromatic heterocycles. The fourth-order valence-electron chi connectivity index (χ4n) is 5.81. The van der Waals surface area contributed by atoms with E-state index in [1.54, 1.807) is 13.8 Å². The summed E-state index contributed by atoms with van der Waals surface area (Å²) in [6, 6.07) is 27.8. The zero-order valence-corrected chi connectivity index (χ0v) is 28.2. The Kier molecular flexibility index (Phi) is 12.5. The molecular weight excluding hydrogens is 640 g/mol. The minimum atomic E-state index is -0.778. The number of carbonyl (C=O) groups excluding carboxylic acids is 6. The summed E-state index contributed by atoms with van der Waals surface area (Å²) in [5, 5.41) is 4.34. The van der Waals surface area contributed by atoms with Gasteiger partial charge >= 0.3 is 35.8 Å². The quantitative estimate of drug-likeness (QED) is 0.0823. The Hall–Kier alpha value is -5.90. The van der Waals surface area contributed by atoms with E-state index in [0.717, 1.165) is 44.8 Å². The second-order valence-electron chi connectivity index (χ2n) is 11.6. The van der Waals surface area contributed by atoms with Crippen molar-refractivity contribution in [3.8, 4) is 0 Å². The fraction of sp³-hybridized carbons (Fsp3) is 0.250. The number of benzene rings is 4. The summed E-state index contributed by atoms with van der Waals surface area (Å²) < 4.78 is 19.6. The van der Waals surface area contributed by atoms with Crippen molar-refractivity contribution in [2.45, 2.75) is 46.3 Å². The average molecular weight is 679 g/mol. The average Bonchev–Trinajstić information content (AvgIpc) is 3.62. The van der Waals surface area contributed by atoms with Crippen molar-refractivity contribution in [3.05, 3.63) is 121 Å². The largest absolute Gasteiger partial charge is 0.458 e. The van der Waals surface area contributed by atoms with Gasteiger partial charge in [-0.15, -0.1) is 0 Å². The van der Waals surface area contributed by atoms with E-state index in [2.05, 4.69) is 16.1 Å². The normalized spacial score (nSPS) is 18.1. The van der Waals surface area contributed by atoms with Crippen molar-refractivity contribution in [3.63, 3.8) is 0 Å². The fourth-order valence-corrected chi connectivity index (χ4v) is 5.81. The van der Waals surface area contributed by atoms with Gasteiger partial charge in [0.1, 0.15) is 12.2 Å². The third kappa shape index (κ3) is 8.96. The van der Waals surface area contributed by atoms with Gasteiger partial charge in [-0.2, -0.15) is 0 Å². The highest BCUT2D eigenvalue weighted by Gasteiger charge is 2.48. The summed E-state index contributed by atoms with van der Waals surface area (Å²) in [6.07, 6.45) is 3.02. The zero-order valence-electron chi connectivity index (χ0n) is 28.2. The van der Waals surface area contributed by atoms with Crippen molar-refractivity contribution in [1.29, 1.82) is 0 Å². The lowest BCUT2D eigenvalue weighted by atomic mass is 9.82. The first kappa shape index (κ1) is 36.9. The van der Waals surface area contributed by atoms with Crippen molar-refractivity contribution < 1.29 is 47.7 Å². The highest BCUT2D eigenvalue weighted by molar-refractivity contribution is 6.05. The molecule has 10 heteroatoms. The first-order valence-corrected chi connectivity index (χ1v) is 16.1. The van der Waals surface area contributed by atoms with E-state index in [4.69, 9.17) is 9.47 Å². The predicted octanol–water partition coefficient (Wildman–Crippen LogP) is 7.06. The third-order valence-electron chi connectivity index (χ3n) is 8.39. The number of fused-ring (bicyclic) bond motifs is 2. The van der Waals surface area contributed by atoms with Gasteiger partial charge in [0, 0.05) is 18.2 Å². The van der Waals surface area contributed by atoms with Crippen LogP contribution in [0.3, 0.4) is 0 Å². The van der Waals surface area contributed by atoms with Gasteiger partial charge in [-0.05, 0) is 52.9 Å². The lowest BCUT2D eigenvalue weighted by molar-refractivity contribution is -0.161. The first-order chi connectivity index (χ1) is 23.9. The second-order valence-corrected chi connectivity index (χ2v) is 11.6. The van der Waals surface area contributed by atoms with Crippen LogP contribution in [-0.4, -0.2) is 35.8 Å². The standard InChI is InChI=1S/C21H22O5.C15H14O2.C4H2O3/c1-4-15(18-12(2)19(22)26-21(18)24)20(23)25-13(3)16-11-7-9-14-8-5-6-10-17(14)16;1-3-15(16)17-11(2)13-10-6-8-12-7-4-5-9-14(12)13;5-3-1-2-4(6)7-3/h5-13,15,18H,4H2,1-3H3;3-11H,1H2,2H3;1-2H. The van der Waals surface area contributed by atoms with Gasteiger partial charge in [-0.3, -0.25) is 14.4 Å². The Labute approximate surface area is 289 Å². The summed E-state index contributed by atoms with van der Waals surface area (Å²) in [5.74, 6) is -5.34. The predicted molar refractivity (Wildman–Crippen MR) is 185 cm³/mol. The topological polar surface area (TPSA) is 139 Å². The van der Waals surface area contributed by atoms with E-state index in [9.17, 15) is 28.8 Å². The molecule has 0 spiro atoms. The number of hydrogen-bond donors (Lipinski definition) is 0. The Balaban J connectivity index is 0.000000199. The van der Waals surface area contributed by atoms with E-state index in [0.29, 0.717) is 6.42 Å². The molecule has 5 atom stereocenters. The van der Waals surface area contributed by atoms with Gasteiger partial charge in [0.15, 0.2) is 0 Å². The van der Waals surface area contributed by atoms with E-state index in [1.807, 2.05) is 98.8 Å². The van der Waals surface area contributed by atoms with Gasteiger partial charge in [0.05, 0.1) is 17.8 Å². The van der Waals surface area contributed by atoms with Crippen LogP contribution in [0.2, 0.25) is 0 Å². The van der Waals surface area contributed by atoms with Crippen LogP contribution >= 0.6 is 0 Å². The third-order valence-corrected chi connectivity index (χ3v) is 8.39. The molecule has 0 N–H and O–H groups in total. The molecule has 0 bridgehead atoms. The van der Waals surface area contributed by atoms with Crippen LogP contribution < -0.4 is 0 Å². The molecule has 2 aliphatic heterocycles. The Bertz CT molecular complexity index is 1930. The number of carbonyl (C=O) groups is 6. The molecule has 2 aliphatic rings. The summed E-state index contributed by atoms with van der Waals surface area (Å²) in [6.45, 7) is 10.5. The monoisotopic (exact) mass is 678 g/mol. The molecule has 50 heavy (non-hydrogen) atoms. The van der Waals surface area contributed by atoms with Gasteiger partial charge < -0.3 is 18.9 Å². The van der Waals surface area contributed by atoms with Gasteiger partial charge in [0.2, 0.25) is 0 Å². The van der Waals surface area contributed by atoms with Crippen molar-refractivity contribution >= 4 is 57.4 Å². The molecule has 4 aromatic carbocycles. The van der Waals surface area contributed by atoms with E-state index < -0.39 is 59.7 Å². The van der Waals surface area contributed by atoms with Crippen molar-refractivity contribution in [1.82, 2.24) is 0 Å². The second kappa shape index (κ2) is 17.0. The van der Waals surface area contributed by atoms with Crippen molar-refractivity contribution in [2.24, 2.45) is 17.8 Å². The molecule has 258 valence electrons. The number of esters is 6. The summed E-state index contributed by atoms with van der Waals surface area (Å²) in [5.41, 5.74) is 1.92. The maximum absolute atomic E-state index is 12.7. The van der Waals surface area contributed by atoms with Gasteiger partial charge in [-0.1, -0.05) is 105 Å². The lowest BCUT2D eigenvalue weighted by Gasteiger charge is -2.23. The molecular formula is C40H38O10. The Morgan fingerprint density at radius 1 is 0.720 bits per heavy atom. The van der Waals surface area contributed by atoms with Crippen LogP contribution in [0.5, 0.6) is 0 Å². The lowest BCUT2D eigenvalue weighted by Crippen LogP contribution is -2.32. The summed E-state index contributed by atoms with van der Waals surface area (Å²) in [7, 11) is 0. The molecule has 0 aliphatic carbocycles. The van der Waals surface area contributed by atoms with Crippen LogP contribution in [0, 0.1) is 17.8 Å². The van der Waals surface area contributed by atoms with E-state index in [1.165, 1.54) is 6.08 Å². The Morgan fingerprint density at radius 2 is 1.20 bits per heavy atom. The molecule has 0 saturated carbocycles. The number of hydrogen-bond acceptors (Lipinski definition) is 10. The van der Waals surface area contributed by atoms with Crippen LogP contribution in [0.1, 0.15) is 57.5 Å². The molecule has 1 fully saturated rings. The molecule has 2 heterocycles. The van der Waals surface area contributed by atoms with Gasteiger partial charge in [-0.25, -0.2) is 14.4 Å². The minimum Gasteiger partial charge on any atom is -0.458 e. The van der Waals surface area contributed by atoms with E-state index >= 15 is 0 Å². The van der Waals surface area contributed by atoms with Gasteiger partial charge in [0.25, 0.3) is 0 Å². The molecule has 0 amide bonds.